The summed E-state index contributed by atoms with van der Waals surface area (Å²) < 4.78 is 6.03. The molecule has 0 fully saturated rings. The third-order valence-corrected chi connectivity index (χ3v) is 13.5. The fourth-order valence-corrected chi connectivity index (χ4v) is 10.8. The molecule has 0 saturated carbocycles. The molecule has 0 radical (unpaired) electrons. The van der Waals surface area contributed by atoms with Gasteiger partial charge >= 0.3 is 0 Å². The Hall–Kier alpha value is -6.58. The second-order valence-electron chi connectivity index (χ2n) is 16.5. The van der Waals surface area contributed by atoms with Gasteiger partial charge < -0.3 is 4.74 Å². The average Bonchev–Trinajstić information content (AvgIpc) is 3.97. The van der Waals surface area contributed by atoms with Gasteiger partial charge in [-0.05, 0) is 148 Å². The predicted molar refractivity (Wildman–Crippen MR) is 236 cm³/mol. The fourth-order valence-electron chi connectivity index (χ4n) is 10.8. The Balaban J connectivity index is 0.921. The molecule has 1 spiro atoms. The normalized spacial score (nSPS) is 22.1. The highest BCUT2D eigenvalue weighted by atomic mass is 16.5. The third-order valence-electron chi connectivity index (χ3n) is 13.5. The first-order chi connectivity index (χ1) is 28.7. The second-order valence-corrected chi connectivity index (χ2v) is 16.5. The summed E-state index contributed by atoms with van der Waals surface area (Å²) in [6.07, 6.45) is 29.6. The van der Waals surface area contributed by atoms with E-state index in [-0.39, 0.29) is 5.41 Å². The summed E-state index contributed by atoms with van der Waals surface area (Å²) in [6, 6.07) is 38.1. The number of hydrogen-bond donors (Lipinski definition) is 0. The number of benzene rings is 4. The zero-order chi connectivity index (χ0) is 38.2. The number of fused-ring (bicyclic) bond motifs is 9. The van der Waals surface area contributed by atoms with Crippen LogP contribution in [0.1, 0.15) is 73.0 Å². The van der Waals surface area contributed by atoms with Crippen LogP contribution in [-0.2, 0) is 10.2 Å². The predicted octanol–water partition coefficient (Wildman–Crippen LogP) is 13.5. The van der Waals surface area contributed by atoms with Crippen molar-refractivity contribution >= 4 is 16.7 Å². The number of rotatable bonds is 5. The van der Waals surface area contributed by atoms with E-state index in [1.165, 1.54) is 61.2 Å². The molecular weight excluding hydrogens is 705 g/mol. The Morgan fingerprint density at radius 3 is 2.17 bits per heavy atom. The molecule has 6 aliphatic carbocycles. The van der Waals surface area contributed by atoms with Crippen LogP contribution >= 0.6 is 0 Å². The molecule has 5 aromatic rings. The van der Waals surface area contributed by atoms with Crippen molar-refractivity contribution in [1.82, 2.24) is 9.97 Å². The maximum atomic E-state index is 6.03. The summed E-state index contributed by atoms with van der Waals surface area (Å²) in [5, 5.41) is 0. The lowest BCUT2D eigenvalue weighted by atomic mass is 9.64. The zero-order valence-corrected chi connectivity index (χ0v) is 32.4. The second kappa shape index (κ2) is 13.2. The molecule has 0 saturated heterocycles. The number of ether oxygens (including phenoxy) is 1. The van der Waals surface area contributed by atoms with Crippen molar-refractivity contribution in [3.05, 3.63) is 220 Å². The molecule has 3 heteroatoms. The molecule has 1 aliphatic heterocycles. The Labute approximate surface area is 340 Å². The molecule has 7 aliphatic rings. The first-order valence-electron chi connectivity index (χ1n) is 21.0. The van der Waals surface area contributed by atoms with Crippen molar-refractivity contribution in [2.24, 2.45) is 5.92 Å². The minimum absolute atomic E-state index is 0.238. The van der Waals surface area contributed by atoms with Crippen LogP contribution in [-0.4, -0.2) is 9.97 Å². The molecule has 1 aromatic heterocycles. The molecule has 12 rings (SSSR count). The van der Waals surface area contributed by atoms with E-state index < -0.39 is 0 Å². The summed E-state index contributed by atoms with van der Waals surface area (Å²) >= 11 is 0. The van der Waals surface area contributed by atoms with Crippen molar-refractivity contribution in [3.63, 3.8) is 0 Å². The van der Waals surface area contributed by atoms with Gasteiger partial charge in [0.2, 0.25) is 0 Å². The van der Waals surface area contributed by atoms with Crippen LogP contribution in [0.25, 0.3) is 50.4 Å². The van der Waals surface area contributed by atoms with Gasteiger partial charge in [0.25, 0.3) is 0 Å². The van der Waals surface area contributed by atoms with E-state index in [0.29, 0.717) is 5.92 Å². The smallest absolute Gasteiger partial charge is 0.156 e. The fraction of sp³-hybridized carbons (Fsp3) is 0.164. The lowest BCUT2D eigenvalue weighted by Crippen LogP contribution is -2.31. The Morgan fingerprint density at radius 1 is 0.569 bits per heavy atom. The van der Waals surface area contributed by atoms with Gasteiger partial charge in [-0.3, -0.25) is 0 Å². The minimum Gasteiger partial charge on any atom is -0.469 e. The first kappa shape index (κ1) is 33.5. The highest BCUT2D eigenvalue weighted by molar-refractivity contribution is 5.91. The van der Waals surface area contributed by atoms with Crippen LogP contribution in [0.2, 0.25) is 0 Å². The summed E-state index contributed by atoms with van der Waals surface area (Å²) in [4.78, 5) is 10.2. The van der Waals surface area contributed by atoms with Gasteiger partial charge in [-0.15, -0.1) is 0 Å². The first-order valence-corrected chi connectivity index (χ1v) is 21.0. The van der Waals surface area contributed by atoms with Gasteiger partial charge in [-0.2, -0.15) is 0 Å². The molecule has 4 aromatic carbocycles. The molecule has 2 heterocycles. The Bertz CT molecular complexity index is 2890. The molecule has 3 nitrogen and oxygen atoms in total. The van der Waals surface area contributed by atoms with E-state index in [0.717, 1.165) is 79.0 Å². The van der Waals surface area contributed by atoms with Crippen molar-refractivity contribution in [3.8, 4) is 33.6 Å². The van der Waals surface area contributed by atoms with Crippen molar-refractivity contribution in [2.45, 2.75) is 50.4 Å². The van der Waals surface area contributed by atoms with Gasteiger partial charge in [0.15, 0.2) is 5.82 Å². The standard InChI is InChI=1S/C55H42N2O/c1-3-12-37(13-4-1)51-34-52(57-54(56-51)38-14-5-2-6-15-38)41-17-11-16-39(30-41)35-22-24-36(25-23-35)40-26-27-45-43-18-7-9-20-47(43)55(49(45)31-40)48-21-10-8-19-44(48)46-33-53-42(28-29-58-53)32-50(46)55/h1-5,7-9,11-14,16-20,22,24,26-31,33-34,42H,6,10,15,21,23,25,32H2. The van der Waals surface area contributed by atoms with Crippen molar-refractivity contribution < 1.29 is 4.74 Å². The summed E-state index contributed by atoms with van der Waals surface area (Å²) in [7, 11) is 0. The van der Waals surface area contributed by atoms with Gasteiger partial charge in [0.05, 0.1) is 23.1 Å². The summed E-state index contributed by atoms with van der Waals surface area (Å²) in [6.45, 7) is 0. The van der Waals surface area contributed by atoms with Crippen LogP contribution < -0.4 is 0 Å². The number of allylic oxidation sites excluding steroid dienone is 16. The number of nitrogens with zero attached hydrogens (tertiary/aromatic N) is 2. The zero-order valence-electron chi connectivity index (χ0n) is 32.4. The molecule has 2 atom stereocenters. The maximum Gasteiger partial charge on any atom is 0.156 e. The molecule has 0 amide bonds. The SMILES string of the molecule is C1=CCCC(c2nc(-c3ccccc3)cc(-c3cccc(C4=CC=C(c5ccc6c(c5)C5(C7=C(C=CCC7)C7=C5CC5C=COC5=C7)c5ccccc5-6)CC4)c3)n2)=C1. The quantitative estimate of drug-likeness (QED) is 0.180. The summed E-state index contributed by atoms with van der Waals surface area (Å²) in [5.41, 5.74) is 22.0. The van der Waals surface area contributed by atoms with Gasteiger partial charge in [0.1, 0.15) is 5.76 Å². The topological polar surface area (TPSA) is 35.0 Å². The molecule has 0 bridgehead atoms. The van der Waals surface area contributed by atoms with E-state index in [9.17, 15) is 0 Å². The molecule has 2 unspecified atom stereocenters. The average molecular weight is 747 g/mol. The van der Waals surface area contributed by atoms with Gasteiger partial charge in [-0.25, -0.2) is 9.97 Å². The highest BCUT2D eigenvalue weighted by Crippen LogP contribution is 2.65. The van der Waals surface area contributed by atoms with E-state index in [2.05, 4.69) is 158 Å². The summed E-state index contributed by atoms with van der Waals surface area (Å²) in [5.74, 6) is 2.22. The third kappa shape index (κ3) is 5.12. The van der Waals surface area contributed by atoms with Crippen LogP contribution in [0, 0.1) is 5.92 Å². The molecule has 278 valence electrons. The van der Waals surface area contributed by atoms with Crippen LogP contribution in [0.4, 0.5) is 0 Å². The Morgan fingerprint density at radius 2 is 1.33 bits per heavy atom. The van der Waals surface area contributed by atoms with Gasteiger partial charge in [-0.1, -0.05) is 127 Å². The highest BCUT2D eigenvalue weighted by Gasteiger charge is 2.55. The molecule has 58 heavy (non-hydrogen) atoms. The largest absolute Gasteiger partial charge is 0.469 e. The van der Waals surface area contributed by atoms with E-state index >= 15 is 0 Å². The van der Waals surface area contributed by atoms with Crippen LogP contribution in [0.5, 0.6) is 0 Å². The van der Waals surface area contributed by atoms with E-state index in [1.807, 2.05) is 6.26 Å². The number of aromatic nitrogens is 2. The molecule has 0 N–H and O–H groups in total. The van der Waals surface area contributed by atoms with Gasteiger partial charge in [0, 0.05) is 17.0 Å². The van der Waals surface area contributed by atoms with Crippen LogP contribution in [0.15, 0.2) is 192 Å². The molecular formula is C55H42N2O. The number of hydrogen-bond acceptors (Lipinski definition) is 3. The Kier molecular flexibility index (Phi) is 7.66. The van der Waals surface area contributed by atoms with Crippen LogP contribution in [0.3, 0.4) is 0 Å². The van der Waals surface area contributed by atoms with E-state index in [1.54, 1.807) is 11.1 Å². The van der Waals surface area contributed by atoms with Crippen molar-refractivity contribution in [2.75, 3.05) is 0 Å². The van der Waals surface area contributed by atoms with Crippen molar-refractivity contribution in [1.29, 1.82) is 0 Å². The lowest BCUT2D eigenvalue weighted by Gasteiger charge is -2.37. The lowest BCUT2D eigenvalue weighted by molar-refractivity contribution is 0.336. The van der Waals surface area contributed by atoms with E-state index in [4.69, 9.17) is 14.7 Å². The minimum atomic E-state index is -0.238. The monoisotopic (exact) mass is 746 g/mol. The maximum absolute atomic E-state index is 6.03.